The molecule has 2 rings (SSSR count). The molecule has 2 aromatic rings. The van der Waals surface area contributed by atoms with Gasteiger partial charge < -0.3 is 0 Å². The molecule has 0 heterocycles. The van der Waals surface area contributed by atoms with Crippen molar-refractivity contribution < 1.29 is 0 Å². The van der Waals surface area contributed by atoms with Crippen molar-refractivity contribution in [3.63, 3.8) is 0 Å². The zero-order chi connectivity index (χ0) is 16.3. The zero-order valence-corrected chi connectivity index (χ0v) is 15.9. The summed E-state index contributed by atoms with van der Waals surface area (Å²) in [7, 11) is 0. The highest BCUT2D eigenvalue weighted by Crippen LogP contribution is 2.30. The Labute approximate surface area is 150 Å². The van der Waals surface area contributed by atoms with Crippen molar-refractivity contribution in [2.24, 2.45) is 5.92 Å². The average molecular weight is 345 g/mol. The quantitative estimate of drug-likeness (QED) is 0.473. The van der Waals surface area contributed by atoms with E-state index in [0.717, 1.165) is 22.7 Å². The Bertz CT molecular complexity index is 524. The van der Waals surface area contributed by atoms with Crippen LogP contribution in [-0.2, 0) is 11.5 Å². The molecular weight excluding hydrogens is 316 g/mol. The SMILES string of the molecule is CCCC(CSCc1ccccc1)C(C)SCc1ccccc1. The minimum Gasteiger partial charge on any atom is -0.157 e. The predicted octanol–water partition coefficient (Wildman–Crippen LogP) is 6.66. The number of thioether (sulfide) groups is 2. The van der Waals surface area contributed by atoms with Gasteiger partial charge in [0.25, 0.3) is 0 Å². The van der Waals surface area contributed by atoms with Gasteiger partial charge in [-0.1, -0.05) is 80.9 Å². The number of hydrogen-bond donors (Lipinski definition) is 0. The number of rotatable bonds is 10. The van der Waals surface area contributed by atoms with Crippen LogP contribution in [-0.4, -0.2) is 11.0 Å². The molecule has 2 aromatic carbocycles. The topological polar surface area (TPSA) is 0 Å². The molecule has 0 saturated heterocycles. The fourth-order valence-electron chi connectivity index (χ4n) is 2.66. The molecule has 124 valence electrons. The minimum atomic E-state index is 0.721. The maximum absolute atomic E-state index is 2.41. The molecule has 0 spiro atoms. The van der Waals surface area contributed by atoms with E-state index in [0.29, 0.717) is 0 Å². The normalized spacial score (nSPS) is 13.7. The van der Waals surface area contributed by atoms with E-state index in [1.807, 2.05) is 0 Å². The van der Waals surface area contributed by atoms with Crippen molar-refractivity contribution >= 4 is 23.5 Å². The fraction of sp³-hybridized carbons (Fsp3) is 0.429. The second-order valence-electron chi connectivity index (χ2n) is 6.05. The highest BCUT2D eigenvalue weighted by Gasteiger charge is 2.17. The van der Waals surface area contributed by atoms with Crippen LogP contribution in [0.1, 0.15) is 37.8 Å². The van der Waals surface area contributed by atoms with Crippen LogP contribution in [0.15, 0.2) is 60.7 Å². The van der Waals surface area contributed by atoms with Crippen LogP contribution in [0.25, 0.3) is 0 Å². The minimum absolute atomic E-state index is 0.721. The highest BCUT2D eigenvalue weighted by molar-refractivity contribution is 7.99. The van der Waals surface area contributed by atoms with Crippen LogP contribution in [0, 0.1) is 5.92 Å². The van der Waals surface area contributed by atoms with Gasteiger partial charge in [0.05, 0.1) is 0 Å². The molecule has 0 aliphatic heterocycles. The third-order valence-electron chi connectivity index (χ3n) is 4.12. The maximum atomic E-state index is 2.41. The summed E-state index contributed by atoms with van der Waals surface area (Å²) < 4.78 is 0. The first-order chi connectivity index (χ1) is 11.3. The van der Waals surface area contributed by atoms with Gasteiger partial charge in [-0.3, -0.25) is 0 Å². The van der Waals surface area contributed by atoms with Crippen molar-refractivity contribution in [2.75, 3.05) is 5.75 Å². The highest BCUT2D eigenvalue weighted by atomic mass is 32.2. The summed E-state index contributed by atoms with van der Waals surface area (Å²) in [6.07, 6.45) is 2.62. The van der Waals surface area contributed by atoms with Crippen molar-refractivity contribution in [3.8, 4) is 0 Å². The smallest absolute Gasteiger partial charge is 0.0187 e. The van der Waals surface area contributed by atoms with Crippen LogP contribution in [0.5, 0.6) is 0 Å². The van der Waals surface area contributed by atoms with Gasteiger partial charge in [-0.25, -0.2) is 0 Å². The van der Waals surface area contributed by atoms with Crippen molar-refractivity contribution in [1.29, 1.82) is 0 Å². The number of hydrogen-bond acceptors (Lipinski definition) is 2. The lowest BCUT2D eigenvalue weighted by molar-refractivity contribution is 0.529. The molecule has 0 saturated carbocycles. The molecule has 23 heavy (non-hydrogen) atoms. The molecule has 0 amide bonds. The lowest BCUT2D eigenvalue weighted by Gasteiger charge is -2.23. The molecule has 0 radical (unpaired) electrons. The van der Waals surface area contributed by atoms with E-state index >= 15 is 0 Å². The third kappa shape index (κ3) is 7.05. The van der Waals surface area contributed by atoms with Gasteiger partial charge in [0.1, 0.15) is 0 Å². The molecule has 2 heteroatoms. The number of benzene rings is 2. The van der Waals surface area contributed by atoms with Gasteiger partial charge in [0.15, 0.2) is 0 Å². The molecule has 2 unspecified atom stereocenters. The molecule has 0 fully saturated rings. The standard InChI is InChI=1S/C21H28S2/c1-3-10-21(17-22-15-19-11-6-4-7-12-19)18(2)23-16-20-13-8-5-9-14-20/h4-9,11-14,18,21H,3,10,15-17H2,1-2H3. The van der Waals surface area contributed by atoms with Crippen molar-refractivity contribution in [1.82, 2.24) is 0 Å². The lowest BCUT2D eigenvalue weighted by Crippen LogP contribution is -2.17. The Morgan fingerprint density at radius 1 is 0.826 bits per heavy atom. The van der Waals surface area contributed by atoms with Crippen LogP contribution in [0.2, 0.25) is 0 Å². The summed E-state index contributed by atoms with van der Waals surface area (Å²) in [6, 6.07) is 21.7. The molecular formula is C21H28S2. The lowest BCUT2D eigenvalue weighted by atomic mass is 10.0. The zero-order valence-electron chi connectivity index (χ0n) is 14.3. The largest absolute Gasteiger partial charge is 0.157 e. The van der Waals surface area contributed by atoms with Crippen LogP contribution in [0.4, 0.5) is 0 Å². The van der Waals surface area contributed by atoms with Crippen molar-refractivity contribution in [3.05, 3.63) is 71.8 Å². The monoisotopic (exact) mass is 344 g/mol. The Kier molecular flexibility index (Phi) is 8.70. The second-order valence-corrected chi connectivity index (χ2v) is 8.45. The molecule has 0 nitrogen and oxygen atoms in total. The van der Waals surface area contributed by atoms with E-state index in [1.54, 1.807) is 0 Å². The summed E-state index contributed by atoms with van der Waals surface area (Å²) in [5.74, 6) is 4.34. The van der Waals surface area contributed by atoms with E-state index in [-0.39, 0.29) is 0 Å². The summed E-state index contributed by atoms with van der Waals surface area (Å²) in [5.41, 5.74) is 2.88. The first-order valence-corrected chi connectivity index (χ1v) is 10.8. The molecule has 0 aliphatic carbocycles. The van der Waals surface area contributed by atoms with E-state index in [9.17, 15) is 0 Å². The van der Waals surface area contributed by atoms with E-state index < -0.39 is 0 Å². The second kappa shape index (κ2) is 10.8. The average Bonchev–Trinajstić information content (AvgIpc) is 2.61. The van der Waals surface area contributed by atoms with Gasteiger partial charge in [-0.05, 0) is 29.2 Å². The van der Waals surface area contributed by atoms with Gasteiger partial charge in [-0.15, -0.1) is 0 Å². The molecule has 0 aliphatic rings. The van der Waals surface area contributed by atoms with Crippen LogP contribution < -0.4 is 0 Å². The van der Waals surface area contributed by atoms with Crippen LogP contribution in [0.3, 0.4) is 0 Å². The molecule has 0 bridgehead atoms. The Hall–Kier alpha value is -0.860. The Morgan fingerprint density at radius 2 is 1.39 bits per heavy atom. The van der Waals surface area contributed by atoms with Gasteiger partial charge >= 0.3 is 0 Å². The first-order valence-electron chi connectivity index (χ1n) is 8.56. The predicted molar refractivity (Wildman–Crippen MR) is 108 cm³/mol. The summed E-state index contributed by atoms with van der Waals surface area (Å²) in [5, 5.41) is 0.721. The summed E-state index contributed by atoms with van der Waals surface area (Å²) >= 11 is 4.20. The van der Waals surface area contributed by atoms with Gasteiger partial charge in [0.2, 0.25) is 0 Å². The van der Waals surface area contributed by atoms with E-state index in [4.69, 9.17) is 0 Å². The molecule has 0 aromatic heterocycles. The molecule has 0 N–H and O–H groups in total. The first kappa shape index (κ1) is 18.5. The van der Waals surface area contributed by atoms with Gasteiger partial charge in [-0.2, -0.15) is 23.5 Å². The maximum Gasteiger partial charge on any atom is 0.0187 e. The third-order valence-corrected chi connectivity index (χ3v) is 6.73. The van der Waals surface area contributed by atoms with E-state index in [2.05, 4.69) is 98.0 Å². The van der Waals surface area contributed by atoms with Gasteiger partial charge in [0, 0.05) is 16.8 Å². The fourth-order valence-corrected chi connectivity index (χ4v) is 5.24. The Morgan fingerprint density at radius 3 is 1.96 bits per heavy atom. The van der Waals surface area contributed by atoms with Crippen LogP contribution >= 0.6 is 23.5 Å². The Balaban J connectivity index is 1.77. The summed E-state index contributed by atoms with van der Waals surface area (Å²) in [4.78, 5) is 0. The molecule has 2 atom stereocenters. The van der Waals surface area contributed by atoms with Crippen molar-refractivity contribution in [2.45, 2.75) is 43.4 Å². The van der Waals surface area contributed by atoms with E-state index in [1.165, 1.54) is 29.7 Å². The summed E-state index contributed by atoms with van der Waals surface area (Å²) in [6.45, 7) is 4.72.